The molecule has 2 aromatic heterocycles. The van der Waals surface area contributed by atoms with Gasteiger partial charge >= 0.3 is 0 Å². The summed E-state index contributed by atoms with van der Waals surface area (Å²) in [6.07, 6.45) is 3.33. The Morgan fingerprint density at radius 2 is 2.38 bits per heavy atom. The van der Waals surface area contributed by atoms with E-state index >= 15 is 0 Å². The minimum Gasteiger partial charge on any atom is -0.453 e. The second-order valence-corrected chi connectivity index (χ2v) is 4.57. The van der Waals surface area contributed by atoms with Crippen LogP contribution in [0.5, 0.6) is 0 Å². The molecular weight excluding hydrogens is 293 g/mol. The van der Waals surface area contributed by atoms with E-state index in [4.69, 9.17) is 16.0 Å². The van der Waals surface area contributed by atoms with Gasteiger partial charge in [-0.3, -0.25) is 4.68 Å². The Morgan fingerprint density at radius 1 is 1.62 bits per heavy atom. The SMILES string of the molecule is CNC(c1ccoc1Cl)c1c(Br)cnn1C. The third kappa shape index (κ3) is 1.90. The Labute approximate surface area is 107 Å². The highest BCUT2D eigenvalue weighted by Crippen LogP contribution is 2.32. The Balaban J connectivity index is 2.49. The third-order valence-electron chi connectivity index (χ3n) is 2.46. The average molecular weight is 305 g/mol. The van der Waals surface area contributed by atoms with Crippen LogP contribution in [0.2, 0.25) is 5.22 Å². The first-order valence-corrected chi connectivity index (χ1v) is 5.89. The number of hydrogen-bond donors (Lipinski definition) is 1. The van der Waals surface area contributed by atoms with E-state index in [-0.39, 0.29) is 6.04 Å². The molecule has 2 rings (SSSR count). The number of aromatic nitrogens is 2. The van der Waals surface area contributed by atoms with Crippen LogP contribution >= 0.6 is 27.5 Å². The number of aryl methyl sites for hydroxylation is 1. The van der Waals surface area contributed by atoms with Gasteiger partial charge in [0.1, 0.15) is 0 Å². The van der Waals surface area contributed by atoms with Crippen molar-refractivity contribution in [2.45, 2.75) is 6.04 Å². The van der Waals surface area contributed by atoms with E-state index in [1.54, 1.807) is 17.1 Å². The van der Waals surface area contributed by atoms with Crippen LogP contribution < -0.4 is 5.32 Å². The van der Waals surface area contributed by atoms with Gasteiger partial charge in [0.05, 0.1) is 28.7 Å². The maximum atomic E-state index is 5.98. The molecular formula is C10H11BrClN3O. The van der Waals surface area contributed by atoms with E-state index in [1.807, 2.05) is 20.2 Å². The smallest absolute Gasteiger partial charge is 0.198 e. The number of furan rings is 1. The molecule has 0 amide bonds. The summed E-state index contributed by atoms with van der Waals surface area (Å²) < 4.78 is 7.84. The standard InChI is InChI=1S/C10H11BrClN3O/c1-13-8(6-3-4-16-10(6)12)9-7(11)5-14-15(9)2/h3-5,8,13H,1-2H3. The van der Waals surface area contributed by atoms with Crippen LogP contribution in [0, 0.1) is 0 Å². The fourth-order valence-electron chi connectivity index (χ4n) is 1.69. The van der Waals surface area contributed by atoms with Crippen molar-refractivity contribution in [3.05, 3.63) is 39.5 Å². The molecule has 6 heteroatoms. The summed E-state index contributed by atoms with van der Waals surface area (Å²) in [4.78, 5) is 0. The van der Waals surface area contributed by atoms with Gasteiger partial charge in [0.2, 0.25) is 0 Å². The van der Waals surface area contributed by atoms with Crippen LogP contribution in [-0.4, -0.2) is 16.8 Å². The number of rotatable bonds is 3. The van der Waals surface area contributed by atoms with Gasteiger partial charge in [0.25, 0.3) is 0 Å². The first kappa shape index (κ1) is 11.7. The molecule has 4 nitrogen and oxygen atoms in total. The highest BCUT2D eigenvalue weighted by atomic mass is 79.9. The molecule has 0 fully saturated rings. The van der Waals surface area contributed by atoms with Crippen molar-refractivity contribution < 1.29 is 4.42 Å². The Bertz CT molecular complexity index is 474. The zero-order valence-corrected chi connectivity index (χ0v) is 11.2. The topological polar surface area (TPSA) is 43.0 Å². The van der Waals surface area contributed by atoms with Gasteiger partial charge < -0.3 is 9.73 Å². The first-order valence-electron chi connectivity index (χ1n) is 4.72. The fraction of sp³-hybridized carbons (Fsp3) is 0.300. The van der Waals surface area contributed by atoms with E-state index in [0.717, 1.165) is 15.7 Å². The highest BCUT2D eigenvalue weighted by molar-refractivity contribution is 9.10. The minimum atomic E-state index is -0.0480. The van der Waals surface area contributed by atoms with Crippen molar-refractivity contribution in [2.24, 2.45) is 7.05 Å². The van der Waals surface area contributed by atoms with E-state index in [0.29, 0.717) is 5.22 Å². The largest absolute Gasteiger partial charge is 0.453 e. The first-order chi connectivity index (χ1) is 7.65. The van der Waals surface area contributed by atoms with Crippen LogP contribution in [0.4, 0.5) is 0 Å². The Hall–Kier alpha value is -0.780. The molecule has 2 aromatic rings. The van der Waals surface area contributed by atoms with Crippen molar-refractivity contribution >= 4 is 27.5 Å². The molecule has 0 spiro atoms. The van der Waals surface area contributed by atoms with Crippen molar-refractivity contribution in [3.8, 4) is 0 Å². The van der Waals surface area contributed by atoms with Crippen molar-refractivity contribution in [1.29, 1.82) is 0 Å². The normalized spacial score (nSPS) is 13.0. The van der Waals surface area contributed by atoms with Crippen LogP contribution in [0.1, 0.15) is 17.3 Å². The Kier molecular flexibility index (Phi) is 3.37. The minimum absolute atomic E-state index is 0.0480. The van der Waals surface area contributed by atoms with Gasteiger partial charge in [-0.15, -0.1) is 0 Å². The lowest BCUT2D eigenvalue weighted by atomic mass is 10.1. The number of halogens is 2. The van der Waals surface area contributed by atoms with Crippen molar-refractivity contribution in [2.75, 3.05) is 7.05 Å². The van der Waals surface area contributed by atoms with E-state index in [1.165, 1.54) is 0 Å². The molecule has 0 radical (unpaired) electrons. The van der Waals surface area contributed by atoms with Crippen LogP contribution in [-0.2, 0) is 7.05 Å². The Morgan fingerprint density at radius 3 is 2.81 bits per heavy atom. The summed E-state index contributed by atoms with van der Waals surface area (Å²) in [7, 11) is 3.76. The van der Waals surface area contributed by atoms with Crippen molar-refractivity contribution in [3.63, 3.8) is 0 Å². The monoisotopic (exact) mass is 303 g/mol. The summed E-state index contributed by atoms with van der Waals surface area (Å²) in [5.41, 5.74) is 1.90. The average Bonchev–Trinajstić information content (AvgIpc) is 2.80. The van der Waals surface area contributed by atoms with Crippen molar-refractivity contribution in [1.82, 2.24) is 15.1 Å². The summed E-state index contributed by atoms with van der Waals surface area (Å²) in [6.45, 7) is 0. The quantitative estimate of drug-likeness (QED) is 0.948. The van der Waals surface area contributed by atoms with Crippen LogP contribution in [0.15, 0.2) is 27.4 Å². The molecule has 0 saturated heterocycles. The molecule has 0 aliphatic carbocycles. The van der Waals surface area contributed by atoms with E-state index in [9.17, 15) is 0 Å². The summed E-state index contributed by atoms with van der Waals surface area (Å²) in [5, 5.41) is 7.77. The number of nitrogens with one attached hydrogen (secondary N) is 1. The predicted molar refractivity (Wildman–Crippen MR) is 65.5 cm³/mol. The molecule has 0 bridgehead atoms. The van der Waals surface area contributed by atoms with Gasteiger partial charge in [-0.1, -0.05) is 0 Å². The van der Waals surface area contributed by atoms with E-state index in [2.05, 4.69) is 26.3 Å². The molecule has 0 aliphatic heterocycles. The highest BCUT2D eigenvalue weighted by Gasteiger charge is 2.22. The third-order valence-corrected chi connectivity index (χ3v) is 3.38. The second-order valence-electron chi connectivity index (χ2n) is 3.37. The lowest BCUT2D eigenvalue weighted by molar-refractivity contribution is 0.552. The molecule has 1 atom stereocenters. The molecule has 0 aromatic carbocycles. The number of nitrogens with zero attached hydrogens (tertiary/aromatic N) is 2. The summed E-state index contributed by atoms with van der Waals surface area (Å²) in [6, 6.07) is 1.80. The van der Waals surface area contributed by atoms with Gasteiger partial charge in [0, 0.05) is 12.6 Å². The van der Waals surface area contributed by atoms with Gasteiger partial charge in [0.15, 0.2) is 5.22 Å². The zero-order chi connectivity index (χ0) is 11.7. The molecule has 16 heavy (non-hydrogen) atoms. The summed E-state index contributed by atoms with van der Waals surface area (Å²) >= 11 is 9.45. The van der Waals surface area contributed by atoms with Crippen LogP contribution in [0.25, 0.3) is 0 Å². The van der Waals surface area contributed by atoms with E-state index < -0.39 is 0 Å². The maximum absolute atomic E-state index is 5.98. The zero-order valence-electron chi connectivity index (χ0n) is 8.87. The van der Waals surface area contributed by atoms with Gasteiger partial charge in [-0.2, -0.15) is 5.10 Å². The number of hydrogen-bond acceptors (Lipinski definition) is 3. The second kappa shape index (κ2) is 4.61. The molecule has 86 valence electrons. The molecule has 0 saturated carbocycles. The summed E-state index contributed by atoms with van der Waals surface area (Å²) in [5.74, 6) is 0. The molecule has 1 unspecified atom stereocenters. The van der Waals surface area contributed by atoms with Crippen LogP contribution in [0.3, 0.4) is 0 Å². The lowest BCUT2D eigenvalue weighted by Crippen LogP contribution is -2.20. The lowest BCUT2D eigenvalue weighted by Gasteiger charge is -2.16. The predicted octanol–water partition coefficient (Wildman–Crippen LogP) is 2.74. The maximum Gasteiger partial charge on any atom is 0.198 e. The van der Waals surface area contributed by atoms with Gasteiger partial charge in [-0.05, 0) is 40.6 Å². The fourth-order valence-corrected chi connectivity index (χ4v) is 2.50. The van der Waals surface area contributed by atoms with Gasteiger partial charge in [-0.25, -0.2) is 0 Å². The molecule has 2 heterocycles. The molecule has 1 N–H and O–H groups in total. The molecule has 0 aliphatic rings.